The predicted octanol–water partition coefficient (Wildman–Crippen LogP) is 3.11. The number of para-hydroxylation sites is 2. The molecule has 5 nitrogen and oxygen atoms in total. The summed E-state index contributed by atoms with van der Waals surface area (Å²) in [7, 11) is 0. The maximum atomic E-state index is 13.5. The van der Waals surface area contributed by atoms with Crippen LogP contribution in [0.25, 0.3) is 5.69 Å². The highest BCUT2D eigenvalue weighted by molar-refractivity contribution is 5.46. The lowest BCUT2D eigenvalue weighted by Gasteiger charge is -2.19. The Labute approximate surface area is 121 Å². The monoisotopic (exact) mass is 322 g/mol. The van der Waals surface area contributed by atoms with Gasteiger partial charge in [0.1, 0.15) is 11.4 Å². The molecule has 0 radical (unpaired) electrons. The van der Waals surface area contributed by atoms with Gasteiger partial charge < -0.3 is 4.74 Å². The van der Waals surface area contributed by atoms with Gasteiger partial charge in [0.25, 0.3) is 0 Å². The van der Waals surface area contributed by atoms with Gasteiger partial charge >= 0.3 is 12.1 Å². The molecule has 1 heterocycles. The number of hydrogen-bond donors (Lipinski definition) is 0. The van der Waals surface area contributed by atoms with Crippen LogP contribution in [0.1, 0.15) is 19.2 Å². The molecule has 0 N–H and O–H groups in total. The molecule has 120 valence electrons. The van der Waals surface area contributed by atoms with E-state index >= 15 is 0 Å². The zero-order valence-corrected chi connectivity index (χ0v) is 11.3. The first kappa shape index (κ1) is 16.1. The number of aromatic nitrogens is 4. The third-order valence-electron chi connectivity index (χ3n) is 2.66. The largest absolute Gasteiger partial charge is 0.491 e. The quantitative estimate of drug-likeness (QED) is 0.794. The van der Waals surface area contributed by atoms with E-state index < -0.39 is 17.9 Å². The van der Waals surface area contributed by atoms with Crippen LogP contribution in [0.4, 0.5) is 22.0 Å². The number of ether oxygens (including phenoxy) is 1. The first-order valence-electron chi connectivity index (χ1n) is 6.24. The van der Waals surface area contributed by atoms with Gasteiger partial charge in [0.05, 0.1) is 6.61 Å². The molecular weight excluding hydrogens is 311 g/mol. The van der Waals surface area contributed by atoms with Crippen molar-refractivity contribution >= 4 is 0 Å². The number of alkyl halides is 5. The molecule has 10 heteroatoms. The average molecular weight is 322 g/mol. The van der Waals surface area contributed by atoms with E-state index in [1.165, 1.54) is 18.2 Å². The van der Waals surface area contributed by atoms with Crippen molar-refractivity contribution in [3.8, 4) is 11.4 Å². The van der Waals surface area contributed by atoms with Crippen LogP contribution in [0.15, 0.2) is 24.3 Å². The lowest BCUT2D eigenvalue weighted by Crippen LogP contribution is -2.36. The minimum Gasteiger partial charge on any atom is -0.491 e. The van der Waals surface area contributed by atoms with Gasteiger partial charge in [0.2, 0.25) is 5.82 Å². The van der Waals surface area contributed by atoms with Gasteiger partial charge in [0, 0.05) is 0 Å². The number of halogens is 5. The Bertz CT molecular complexity index is 640. The normalized spacial score (nSPS) is 12.5. The van der Waals surface area contributed by atoms with Crippen molar-refractivity contribution in [2.75, 3.05) is 6.61 Å². The van der Waals surface area contributed by atoms with Crippen molar-refractivity contribution in [3.05, 3.63) is 30.1 Å². The summed E-state index contributed by atoms with van der Waals surface area (Å²) in [5, 5.41) is 8.99. The summed E-state index contributed by atoms with van der Waals surface area (Å²) in [5.41, 5.74) is -0.0973. The van der Waals surface area contributed by atoms with Crippen LogP contribution in [0, 0.1) is 0 Å². The average Bonchev–Trinajstić information content (AvgIpc) is 2.94. The molecule has 0 unspecified atom stereocenters. The van der Waals surface area contributed by atoms with E-state index in [1.807, 2.05) is 6.92 Å². The fourth-order valence-corrected chi connectivity index (χ4v) is 1.64. The van der Waals surface area contributed by atoms with Gasteiger partial charge in [-0.05, 0) is 29.0 Å². The van der Waals surface area contributed by atoms with Gasteiger partial charge in [-0.3, -0.25) is 0 Å². The van der Waals surface area contributed by atoms with E-state index in [4.69, 9.17) is 4.74 Å². The smallest absolute Gasteiger partial charge is 0.461 e. The lowest BCUT2D eigenvalue weighted by atomic mass is 10.2. The van der Waals surface area contributed by atoms with Crippen LogP contribution in [0.3, 0.4) is 0 Å². The second-order valence-electron chi connectivity index (χ2n) is 4.30. The molecule has 2 aromatic rings. The molecule has 0 aliphatic rings. The second kappa shape index (κ2) is 5.85. The van der Waals surface area contributed by atoms with Crippen molar-refractivity contribution in [2.24, 2.45) is 0 Å². The number of benzene rings is 1. The van der Waals surface area contributed by atoms with Crippen molar-refractivity contribution < 1.29 is 26.7 Å². The van der Waals surface area contributed by atoms with Crippen molar-refractivity contribution in [1.82, 2.24) is 20.2 Å². The van der Waals surface area contributed by atoms with E-state index in [9.17, 15) is 22.0 Å². The Balaban J connectivity index is 2.51. The van der Waals surface area contributed by atoms with Gasteiger partial charge in [-0.15, -0.1) is 5.10 Å². The van der Waals surface area contributed by atoms with Crippen molar-refractivity contribution in [2.45, 2.75) is 25.4 Å². The van der Waals surface area contributed by atoms with Crippen LogP contribution in [0.5, 0.6) is 5.75 Å². The van der Waals surface area contributed by atoms with Crippen molar-refractivity contribution in [1.29, 1.82) is 0 Å². The Morgan fingerprint density at radius 2 is 1.82 bits per heavy atom. The summed E-state index contributed by atoms with van der Waals surface area (Å²) in [6.45, 7) is 2.09. The standard InChI is InChI=1S/C12H11F5N4O/c1-2-7-22-9-6-4-3-5-8(9)21-10(18-19-20-21)11(13,14)12(15,16)17/h3-6H,2,7H2,1H3. The summed E-state index contributed by atoms with van der Waals surface area (Å²) in [4.78, 5) is 0. The third-order valence-corrected chi connectivity index (χ3v) is 2.66. The van der Waals surface area contributed by atoms with Crippen LogP contribution in [0.2, 0.25) is 0 Å². The minimum atomic E-state index is -5.81. The molecule has 0 saturated carbocycles. The Morgan fingerprint density at radius 1 is 1.14 bits per heavy atom. The SMILES string of the molecule is CCCOc1ccccc1-n1nnnc1C(F)(F)C(F)(F)F. The fourth-order valence-electron chi connectivity index (χ4n) is 1.64. The van der Waals surface area contributed by atoms with Gasteiger partial charge in [-0.25, -0.2) is 0 Å². The Hall–Kier alpha value is -2.26. The molecule has 0 amide bonds. The Morgan fingerprint density at radius 3 is 2.45 bits per heavy atom. The van der Waals surface area contributed by atoms with E-state index in [0.717, 1.165) is 0 Å². The molecule has 0 saturated heterocycles. The second-order valence-corrected chi connectivity index (χ2v) is 4.30. The molecule has 0 atom stereocenters. The maximum Gasteiger partial charge on any atom is 0.461 e. The maximum absolute atomic E-state index is 13.5. The predicted molar refractivity (Wildman–Crippen MR) is 64.9 cm³/mol. The number of tetrazole rings is 1. The fraction of sp³-hybridized carbons (Fsp3) is 0.417. The highest BCUT2D eigenvalue weighted by Crippen LogP contribution is 2.43. The van der Waals surface area contributed by atoms with Crippen LogP contribution in [-0.4, -0.2) is 33.0 Å². The number of hydrogen-bond acceptors (Lipinski definition) is 4. The first-order chi connectivity index (χ1) is 10.3. The molecule has 22 heavy (non-hydrogen) atoms. The third kappa shape index (κ3) is 2.85. The topological polar surface area (TPSA) is 52.8 Å². The van der Waals surface area contributed by atoms with Crippen LogP contribution < -0.4 is 4.74 Å². The molecule has 1 aromatic heterocycles. The summed E-state index contributed by atoms with van der Waals surface area (Å²) < 4.78 is 70.2. The molecule has 0 bridgehead atoms. The molecule has 0 fully saturated rings. The molecule has 0 spiro atoms. The van der Waals surface area contributed by atoms with E-state index in [2.05, 4.69) is 15.5 Å². The van der Waals surface area contributed by atoms with E-state index in [1.54, 1.807) is 6.07 Å². The zero-order chi connectivity index (χ0) is 16.4. The zero-order valence-electron chi connectivity index (χ0n) is 11.3. The summed E-state index contributed by atoms with van der Waals surface area (Å²) in [6.07, 6.45) is -5.17. The highest BCUT2D eigenvalue weighted by atomic mass is 19.4. The molecule has 1 aromatic carbocycles. The van der Waals surface area contributed by atoms with Gasteiger partial charge in [-0.1, -0.05) is 19.1 Å². The number of nitrogens with zero attached hydrogens (tertiary/aromatic N) is 4. The molecule has 0 aliphatic carbocycles. The number of rotatable bonds is 5. The lowest BCUT2D eigenvalue weighted by molar-refractivity contribution is -0.293. The van der Waals surface area contributed by atoms with Crippen molar-refractivity contribution in [3.63, 3.8) is 0 Å². The van der Waals surface area contributed by atoms with Gasteiger partial charge in [-0.2, -0.15) is 26.6 Å². The van der Waals surface area contributed by atoms with Crippen LogP contribution >= 0.6 is 0 Å². The molecule has 0 aliphatic heterocycles. The van der Waals surface area contributed by atoms with Crippen LogP contribution in [-0.2, 0) is 5.92 Å². The molecule has 2 rings (SSSR count). The summed E-state index contributed by atoms with van der Waals surface area (Å²) >= 11 is 0. The van der Waals surface area contributed by atoms with Gasteiger partial charge in [0.15, 0.2) is 0 Å². The first-order valence-corrected chi connectivity index (χ1v) is 6.24. The van der Waals surface area contributed by atoms with E-state index in [-0.39, 0.29) is 18.0 Å². The highest BCUT2D eigenvalue weighted by Gasteiger charge is 2.62. The Kier molecular flexibility index (Phi) is 4.29. The minimum absolute atomic E-state index is 0.0973. The summed E-state index contributed by atoms with van der Waals surface area (Å²) in [6, 6.07) is 5.73. The van der Waals surface area contributed by atoms with E-state index in [0.29, 0.717) is 11.1 Å². The molecular formula is C12H11F5N4O. The summed E-state index contributed by atoms with van der Waals surface area (Å²) in [5.74, 6) is -6.70.